The molecule has 2 aromatic heterocycles. The first-order valence-corrected chi connectivity index (χ1v) is 6.37. The van der Waals surface area contributed by atoms with E-state index in [-0.39, 0.29) is 5.75 Å². The van der Waals surface area contributed by atoms with Crippen molar-refractivity contribution in [2.45, 2.75) is 12.5 Å². The molecular formula is C14H13N5O2. The molecule has 0 saturated heterocycles. The Hall–Kier alpha value is -2.80. The quantitative estimate of drug-likeness (QED) is 0.745. The highest BCUT2D eigenvalue weighted by atomic mass is 16.5. The predicted molar refractivity (Wildman–Crippen MR) is 74.1 cm³/mol. The Labute approximate surface area is 120 Å². The highest BCUT2D eigenvalue weighted by molar-refractivity contribution is 5.40. The average Bonchev–Trinajstić information content (AvgIpc) is 3.00. The molecule has 3 N–H and O–H groups in total. The number of phenolic OH excluding ortho intramolecular Hbond substituents is 1. The number of nitrogens with two attached hydrogens (primary N) is 1. The number of nitrogens with zero attached hydrogens (tertiary/aromatic N) is 4. The van der Waals surface area contributed by atoms with E-state index < -0.39 is 6.04 Å². The van der Waals surface area contributed by atoms with Crippen molar-refractivity contribution in [3.63, 3.8) is 0 Å². The van der Waals surface area contributed by atoms with E-state index >= 15 is 0 Å². The van der Waals surface area contributed by atoms with Gasteiger partial charge >= 0.3 is 0 Å². The minimum absolute atomic E-state index is 0.216. The van der Waals surface area contributed by atoms with Gasteiger partial charge in [0.15, 0.2) is 0 Å². The summed E-state index contributed by atoms with van der Waals surface area (Å²) in [6, 6.07) is 8.10. The molecule has 7 nitrogen and oxygen atoms in total. The van der Waals surface area contributed by atoms with Crippen molar-refractivity contribution in [3.05, 3.63) is 54.2 Å². The first kappa shape index (κ1) is 13.2. The van der Waals surface area contributed by atoms with Gasteiger partial charge in [-0.2, -0.15) is 4.98 Å². The number of hydrogen-bond acceptors (Lipinski definition) is 7. The van der Waals surface area contributed by atoms with Gasteiger partial charge in [-0.3, -0.25) is 0 Å². The maximum atomic E-state index is 9.25. The molecule has 3 rings (SSSR count). The van der Waals surface area contributed by atoms with E-state index in [2.05, 4.69) is 20.1 Å². The number of aromatic nitrogens is 4. The van der Waals surface area contributed by atoms with Crippen molar-refractivity contribution in [1.82, 2.24) is 20.1 Å². The lowest BCUT2D eigenvalue weighted by atomic mass is 10.1. The predicted octanol–water partition coefficient (Wildman–Crippen LogP) is 1.47. The lowest BCUT2D eigenvalue weighted by Crippen LogP contribution is -2.13. The first-order chi connectivity index (χ1) is 10.2. The van der Waals surface area contributed by atoms with Gasteiger partial charge < -0.3 is 15.4 Å². The zero-order chi connectivity index (χ0) is 14.7. The van der Waals surface area contributed by atoms with E-state index in [0.717, 1.165) is 5.56 Å². The Morgan fingerprint density at radius 2 is 1.81 bits per heavy atom. The van der Waals surface area contributed by atoms with Crippen molar-refractivity contribution in [1.29, 1.82) is 0 Å². The number of benzene rings is 1. The van der Waals surface area contributed by atoms with E-state index in [1.807, 2.05) is 0 Å². The molecular weight excluding hydrogens is 270 g/mol. The maximum absolute atomic E-state index is 9.25. The maximum Gasteiger partial charge on any atom is 0.244 e. The van der Waals surface area contributed by atoms with Gasteiger partial charge in [0.2, 0.25) is 17.5 Å². The molecule has 0 radical (unpaired) electrons. The monoisotopic (exact) mass is 283 g/mol. The Kier molecular flexibility index (Phi) is 3.57. The van der Waals surface area contributed by atoms with Crippen LogP contribution in [0.2, 0.25) is 0 Å². The minimum atomic E-state index is -0.431. The molecule has 0 bridgehead atoms. The Morgan fingerprint density at radius 1 is 1.10 bits per heavy atom. The summed E-state index contributed by atoms with van der Waals surface area (Å²) in [5.74, 6) is 1.25. The van der Waals surface area contributed by atoms with Gasteiger partial charge in [-0.15, -0.1) is 0 Å². The van der Waals surface area contributed by atoms with Gasteiger partial charge in [0.05, 0.1) is 6.04 Å². The molecule has 0 spiro atoms. The fourth-order valence-corrected chi connectivity index (χ4v) is 1.86. The van der Waals surface area contributed by atoms with E-state index in [1.165, 1.54) is 0 Å². The summed E-state index contributed by atoms with van der Waals surface area (Å²) in [4.78, 5) is 12.3. The van der Waals surface area contributed by atoms with Crippen LogP contribution < -0.4 is 5.73 Å². The minimum Gasteiger partial charge on any atom is -0.508 e. The number of aromatic hydroxyl groups is 1. The summed E-state index contributed by atoms with van der Waals surface area (Å²) in [7, 11) is 0. The van der Waals surface area contributed by atoms with Crippen molar-refractivity contribution >= 4 is 0 Å². The third-order valence-corrected chi connectivity index (χ3v) is 2.92. The van der Waals surface area contributed by atoms with Crippen LogP contribution >= 0.6 is 0 Å². The Bertz CT molecular complexity index is 712. The molecule has 0 amide bonds. The molecule has 0 aliphatic heterocycles. The van der Waals surface area contributed by atoms with E-state index in [4.69, 9.17) is 10.3 Å². The van der Waals surface area contributed by atoms with Crippen molar-refractivity contribution in [2.75, 3.05) is 0 Å². The molecule has 0 aliphatic rings. The fourth-order valence-electron chi connectivity index (χ4n) is 1.86. The summed E-state index contributed by atoms with van der Waals surface area (Å²) in [6.45, 7) is 0. The number of phenols is 1. The summed E-state index contributed by atoms with van der Waals surface area (Å²) < 4.78 is 5.16. The van der Waals surface area contributed by atoms with Crippen LogP contribution in [0.3, 0.4) is 0 Å². The molecule has 1 unspecified atom stereocenters. The molecule has 0 saturated carbocycles. The summed E-state index contributed by atoms with van der Waals surface area (Å²) in [5, 5.41) is 13.1. The molecule has 3 aromatic rings. The molecule has 106 valence electrons. The summed E-state index contributed by atoms with van der Waals surface area (Å²) in [6.07, 6.45) is 3.74. The molecule has 21 heavy (non-hydrogen) atoms. The third-order valence-electron chi connectivity index (χ3n) is 2.92. The van der Waals surface area contributed by atoms with E-state index in [0.29, 0.717) is 24.0 Å². The van der Waals surface area contributed by atoms with Gasteiger partial charge in [0.25, 0.3) is 0 Å². The number of hydrogen-bond donors (Lipinski definition) is 2. The molecule has 1 atom stereocenters. The first-order valence-electron chi connectivity index (χ1n) is 6.37. The van der Waals surface area contributed by atoms with Crippen molar-refractivity contribution in [2.24, 2.45) is 5.73 Å². The molecule has 2 heterocycles. The second-order valence-electron chi connectivity index (χ2n) is 4.51. The van der Waals surface area contributed by atoms with Crippen LogP contribution in [0.1, 0.15) is 17.5 Å². The highest BCUT2D eigenvalue weighted by Crippen LogP contribution is 2.18. The molecule has 7 heteroatoms. The van der Waals surface area contributed by atoms with Crippen LogP contribution in [0.5, 0.6) is 5.75 Å². The van der Waals surface area contributed by atoms with E-state index in [1.54, 1.807) is 42.7 Å². The zero-order valence-corrected chi connectivity index (χ0v) is 11.0. The lowest BCUT2D eigenvalue weighted by Gasteiger charge is -2.06. The highest BCUT2D eigenvalue weighted by Gasteiger charge is 2.17. The summed E-state index contributed by atoms with van der Waals surface area (Å²) in [5.41, 5.74) is 7.03. The standard InChI is InChI=1S/C14H13N5O2/c15-11(8-9-2-4-10(20)5-3-9)14-18-13(19-21-14)12-16-6-1-7-17-12/h1-7,11,20H,8,15H2. The topological polar surface area (TPSA) is 111 Å². The third kappa shape index (κ3) is 3.03. The SMILES string of the molecule is NC(Cc1ccc(O)cc1)c1nc(-c2ncccn2)no1. The summed E-state index contributed by atoms with van der Waals surface area (Å²) >= 11 is 0. The van der Waals surface area contributed by atoms with Crippen LogP contribution in [0.25, 0.3) is 11.6 Å². The largest absolute Gasteiger partial charge is 0.508 e. The second kappa shape index (κ2) is 5.68. The smallest absolute Gasteiger partial charge is 0.244 e. The van der Waals surface area contributed by atoms with Crippen LogP contribution in [-0.2, 0) is 6.42 Å². The van der Waals surface area contributed by atoms with Gasteiger partial charge in [0, 0.05) is 12.4 Å². The van der Waals surface area contributed by atoms with Gasteiger partial charge in [-0.05, 0) is 30.2 Å². The molecule has 1 aromatic carbocycles. The van der Waals surface area contributed by atoms with Crippen LogP contribution in [0, 0.1) is 0 Å². The number of rotatable bonds is 4. The molecule has 0 fully saturated rings. The Balaban J connectivity index is 1.75. The Morgan fingerprint density at radius 3 is 2.52 bits per heavy atom. The van der Waals surface area contributed by atoms with Crippen LogP contribution in [0.4, 0.5) is 0 Å². The van der Waals surface area contributed by atoms with Gasteiger partial charge in [-0.25, -0.2) is 9.97 Å². The lowest BCUT2D eigenvalue weighted by molar-refractivity contribution is 0.354. The zero-order valence-electron chi connectivity index (χ0n) is 11.0. The van der Waals surface area contributed by atoms with E-state index in [9.17, 15) is 5.11 Å². The second-order valence-corrected chi connectivity index (χ2v) is 4.51. The molecule has 0 aliphatic carbocycles. The van der Waals surface area contributed by atoms with Crippen LogP contribution in [-0.4, -0.2) is 25.2 Å². The normalized spacial score (nSPS) is 12.2. The average molecular weight is 283 g/mol. The van der Waals surface area contributed by atoms with Crippen molar-refractivity contribution in [3.8, 4) is 17.4 Å². The van der Waals surface area contributed by atoms with Gasteiger partial charge in [0.1, 0.15) is 5.75 Å². The fraction of sp³-hybridized carbons (Fsp3) is 0.143. The van der Waals surface area contributed by atoms with Gasteiger partial charge in [-0.1, -0.05) is 17.3 Å². The van der Waals surface area contributed by atoms with Crippen molar-refractivity contribution < 1.29 is 9.63 Å². The van der Waals surface area contributed by atoms with Crippen LogP contribution in [0.15, 0.2) is 47.2 Å².